The van der Waals surface area contributed by atoms with Crippen LogP contribution in [0.15, 0.2) is 34.4 Å². The maximum absolute atomic E-state index is 12.0. The van der Waals surface area contributed by atoms with E-state index in [2.05, 4.69) is 5.92 Å². The van der Waals surface area contributed by atoms with Gasteiger partial charge < -0.3 is 4.74 Å². The Balaban J connectivity index is 2.54. The van der Waals surface area contributed by atoms with Crippen molar-refractivity contribution in [2.75, 3.05) is 0 Å². The zero-order valence-corrected chi connectivity index (χ0v) is 9.58. The van der Waals surface area contributed by atoms with Gasteiger partial charge >= 0.3 is 0 Å². The van der Waals surface area contributed by atoms with Crippen LogP contribution in [0.5, 0.6) is 5.75 Å². The van der Waals surface area contributed by atoms with Gasteiger partial charge in [0.15, 0.2) is 11.9 Å². The average molecular weight is 230 g/mol. The van der Waals surface area contributed by atoms with Crippen LogP contribution >= 0.6 is 11.3 Å². The predicted molar refractivity (Wildman–Crippen MR) is 67.0 cm³/mol. The number of fused-ring (bicyclic) bond motifs is 1. The summed E-state index contributed by atoms with van der Waals surface area (Å²) in [5.74, 6) is 2.76. The molecular formula is C13H10O2S. The third-order valence-electron chi connectivity index (χ3n) is 2.19. The molecule has 2 aromatic rings. The Hall–Kier alpha value is -1.79. The molecule has 1 aromatic carbocycles. The molecule has 0 bridgehead atoms. The van der Waals surface area contributed by atoms with Crippen LogP contribution < -0.4 is 10.2 Å². The summed E-state index contributed by atoms with van der Waals surface area (Å²) < 4.78 is 6.32. The standard InChI is InChI=1S/C13H10O2S/c1-3-9(2)15-11-8-16-12-7-5-4-6-10(12)13(11)14/h1,4-9H,2H3. The molecular weight excluding hydrogens is 220 g/mol. The molecule has 1 unspecified atom stereocenters. The van der Waals surface area contributed by atoms with E-state index in [1.165, 1.54) is 11.3 Å². The van der Waals surface area contributed by atoms with Crippen molar-refractivity contribution in [3.8, 4) is 18.1 Å². The summed E-state index contributed by atoms with van der Waals surface area (Å²) in [4.78, 5) is 12.0. The highest BCUT2D eigenvalue weighted by Crippen LogP contribution is 2.20. The minimum absolute atomic E-state index is 0.101. The van der Waals surface area contributed by atoms with Gasteiger partial charge in [0.25, 0.3) is 0 Å². The molecule has 0 amide bonds. The maximum atomic E-state index is 12.0. The summed E-state index contributed by atoms with van der Waals surface area (Å²) >= 11 is 1.48. The fourth-order valence-electron chi connectivity index (χ4n) is 1.37. The van der Waals surface area contributed by atoms with Crippen molar-refractivity contribution in [2.24, 2.45) is 0 Å². The Labute approximate surface area is 97.5 Å². The Morgan fingerprint density at radius 2 is 2.19 bits per heavy atom. The van der Waals surface area contributed by atoms with Crippen LogP contribution in [0.1, 0.15) is 6.92 Å². The van der Waals surface area contributed by atoms with Crippen LogP contribution in [0.3, 0.4) is 0 Å². The van der Waals surface area contributed by atoms with Gasteiger partial charge in [-0.05, 0) is 19.1 Å². The minimum atomic E-state index is -0.388. The second kappa shape index (κ2) is 4.38. The van der Waals surface area contributed by atoms with Gasteiger partial charge in [-0.2, -0.15) is 0 Å². The van der Waals surface area contributed by atoms with Gasteiger partial charge in [0.2, 0.25) is 5.43 Å². The third-order valence-corrected chi connectivity index (χ3v) is 3.13. The number of rotatable bonds is 2. The van der Waals surface area contributed by atoms with Crippen molar-refractivity contribution < 1.29 is 4.74 Å². The zero-order valence-electron chi connectivity index (χ0n) is 8.77. The molecule has 16 heavy (non-hydrogen) atoms. The Kier molecular flexibility index (Phi) is 2.93. The number of hydrogen-bond acceptors (Lipinski definition) is 3. The lowest BCUT2D eigenvalue weighted by Gasteiger charge is -2.07. The highest BCUT2D eigenvalue weighted by molar-refractivity contribution is 7.16. The number of terminal acetylenes is 1. The van der Waals surface area contributed by atoms with Gasteiger partial charge in [0, 0.05) is 15.5 Å². The van der Waals surface area contributed by atoms with E-state index in [0.29, 0.717) is 11.1 Å². The normalized spacial score (nSPS) is 12.0. The van der Waals surface area contributed by atoms with Crippen molar-refractivity contribution >= 4 is 21.4 Å². The fraction of sp³-hybridized carbons (Fsp3) is 0.154. The van der Waals surface area contributed by atoms with Crippen molar-refractivity contribution in [3.05, 3.63) is 39.9 Å². The van der Waals surface area contributed by atoms with Crippen LogP contribution in [0.25, 0.3) is 10.1 Å². The summed E-state index contributed by atoms with van der Waals surface area (Å²) in [6, 6.07) is 7.45. The smallest absolute Gasteiger partial charge is 0.229 e. The molecule has 0 fully saturated rings. The summed E-state index contributed by atoms with van der Waals surface area (Å²) in [6.07, 6.45) is 4.82. The molecule has 0 radical (unpaired) electrons. The first-order chi connectivity index (χ1) is 7.72. The fourth-order valence-corrected chi connectivity index (χ4v) is 2.21. The van der Waals surface area contributed by atoms with Crippen molar-refractivity contribution in [1.29, 1.82) is 0 Å². The summed E-state index contributed by atoms with van der Waals surface area (Å²) in [6.45, 7) is 1.74. The molecule has 1 heterocycles. The Bertz CT molecular complexity index is 607. The van der Waals surface area contributed by atoms with Gasteiger partial charge in [-0.3, -0.25) is 4.79 Å². The van der Waals surface area contributed by atoms with E-state index in [9.17, 15) is 4.79 Å². The molecule has 0 aliphatic heterocycles. The van der Waals surface area contributed by atoms with E-state index in [1.807, 2.05) is 18.2 Å². The van der Waals surface area contributed by atoms with E-state index in [4.69, 9.17) is 11.2 Å². The zero-order chi connectivity index (χ0) is 11.5. The first-order valence-electron chi connectivity index (χ1n) is 4.85. The molecule has 0 aliphatic carbocycles. The van der Waals surface area contributed by atoms with Gasteiger partial charge in [-0.1, -0.05) is 18.1 Å². The molecule has 0 aliphatic rings. The number of ether oxygens (including phenoxy) is 1. The van der Waals surface area contributed by atoms with Crippen LogP contribution in [-0.2, 0) is 0 Å². The van der Waals surface area contributed by atoms with E-state index in [-0.39, 0.29) is 11.5 Å². The Morgan fingerprint density at radius 1 is 1.44 bits per heavy atom. The van der Waals surface area contributed by atoms with E-state index in [1.54, 1.807) is 18.4 Å². The molecule has 2 nitrogen and oxygen atoms in total. The number of hydrogen-bond donors (Lipinski definition) is 0. The second-order valence-electron chi connectivity index (χ2n) is 3.35. The first kappa shape index (κ1) is 10.7. The van der Waals surface area contributed by atoms with Crippen LogP contribution in [0.4, 0.5) is 0 Å². The molecule has 80 valence electrons. The summed E-state index contributed by atoms with van der Waals surface area (Å²) in [5.41, 5.74) is -0.101. The quantitative estimate of drug-likeness (QED) is 0.741. The maximum Gasteiger partial charge on any atom is 0.229 e. The average Bonchev–Trinajstić information content (AvgIpc) is 2.33. The monoisotopic (exact) mass is 230 g/mol. The van der Waals surface area contributed by atoms with E-state index in [0.717, 1.165) is 4.70 Å². The SMILES string of the molecule is C#CC(C)Oc1csc2ccccc2c1=O. The van der Waals surface area contributed by atoms with E-state index < -0.39 is 0 Å². The minimum Gasteiger partial charge on any atom is -0.473 e. The third kappa shape index (κ3) is 1.93. The lowest BCUT2D eigenvalue weighted by molar-refractivity contribution is 0.278. The molecule has 2 rings (SSSR count). The highest BCUT2D eigenvalue weighted by atomic mass is 32.1. The molecule has 0 spiro atoms. The lowest BCUT2D eigenvalue weighted by Crippen LogP contribution is -2.14. The molecule has 0 N–H and O–H groups in total. The Morgan fingerprint density at radius 3 is 2.94 bits per heavy atom. The van der Waals surface area contributed by atoms with E-state index >= 15 is 0 Å². The van der Waals surface area contributed by atoms with Crippen molar-refractivity contribution in [1.82, 2.24) is 0 Å². The molecule has 1 aromatic heterocycles. The topological polar surface area (TPSA) is 26.3 Å². The van der Waals surface area contributed by atoms with Crippen LogP contribution in [0.2, 0.25) is 0 Å². The van der Waals surface area contributed by atoms with Crippen molar-refractivity contribution in [2.45, 2.75) is 13.0 Å². The van der Waals surface area contributed by atoms with Crippen LogP contribution in [-0.4, -0.2) is 6.10 Å². The summed E-state index contributed by atoms with van der Waals surface area (Å²) in [7, 11) is 0. The molecule has 0 saturated carbocycles. The molecule has 3 heteroatoms. The van der Waals surface area contributed by atoms with Gasteiger partial charge in [-0.15, -0.1) is 17.8 Å². The van der Waals surface area contributed by atoms with Crippen molar-refractivity contribution in [3.63, 3.8) is 0 Å². The lowest BCUT2D eigenvalue weighted by atomic mass is 10.2. The van der Waals surface area contributed by atoms with Gasteiger partial charge in [0.05, 0.1) is 0 Å². The highest BCUT2D eigenvalue weighted by Gasteiger charge is 2.07. The second-order valence-corrected chi connectivity index (χ2v) is 4.26. The number of benzene rings is 1. The van der Waals surface area contributed by atoms with Gasteiger partial charge in [0.1, 0.15) is 0 Å². The predicted octanol–water partition coefficient (Wildman–Crippen LogP) is 2.66. The summed E-state index contributed by atoms with van der Waals surface area (Å²) in [5, 5.41) is 2.38. The largest absolute Gasteiger partial charge is 0.473 e. The molecule has 0 saturated heterocycles. The van der Waals surface area contributed by atoms with Gasteiger partial charge in [-0.25, -0.2) is 0 Å². The first-order valence-corrected chi connectivity index (χ1v) is 5.73. The van der Waals surface area contributed by atoms with Crippen LogP contribution in [0, 0.1) is 12.3 Å². The molecule has 1 atom stereocenters.